The van der Waals surface area contributed by atoms with Crippen LogP contribution in [0.1, 0.15) is 27.2 Å². The summed E-state index contributed by atoms with van der Waals surface area (Å²) in [6, 6.07) is 0.480. The fourth-order valence-electron chi connectivity index (χ4n) is 1.61. The van der Waals surface area contributed by atoms with Gasteiger partial charge in [-0.15, -0.1) is 0 Å². The molecule has 1 fully saturated rings. The molecule has 1 amide bonds. The van der Waals surface area contributed by atoms with Crippen molar-refractivity contribution < 1.29 is 4.79 Å². The van der Waals surface area contributed by atoms with Gasteiger partial charge in [-0.1, -0.05) is 19.9 Å². The predicted molar refractivity (Wildman–Crippen MR) is 49.8 cm³/mol. The van der Waals surface area contributed by atoms with E-state index in [-0.39, 0.29) is 5.91 Å². The maximum atomic E-state index is 11.4. The van der Waals surface area contributed by atoms with Crippen molar-refractivity contribution in [2.45, 2.75) is 33.2 Å². The minimum atomic E-state index is 0.169. The molecule has 0 spiro atoms. The van der Waals surface area contributed by atoms with Gasteiger partial charge in [-0.05, 0) is 25.3 Å². The lowest BCUT2D eigenvalue weighted by Gasteiger charge is -2.43. The third-order valence-electron chi connectivity index (χ3n) is 2.43. The molecule has 0 aromatic rings. The summed E-state index contributed by atoms with van der Waals surface area (Å²) in [6.45, 7) is 7.15. The molecular formula is C10H17NO. The molecule has 1 heterocycles. The summed E-state index contributed by atoms with van der Waals surface area (Å²) in [4.78, 5) is 13.3. The Hall–Kier alpha value is -0.790. The summed E-state index contributed by atoms with van der Waals surface area (Å²) < 4.78 is 0. The Morgan fingerprint density at radius 2 is 2.25 bits per heavy atom. The van der Waals surface area contributed by atoms with E-state index < -0.39 is 0 Å². The van der Waals surface area contributed by atoms with E-state index in [2.05, 4.69) is 13.8 Å². The second kappa shape index (κ2) is 3.74. The summed E-state index contributed by atoms with van der Waals surface area (Å²) in [7, 11) is 0. The van der Waals surface area contributed by atoms with Crippen LogP contribution in [-0.2, 0) is 4.79 Å². The molecule has 1 unspecified atom stereocenters. The van der Waals surface area contributed by atoms with E-state index in [9.17, 15) is 4.79 Å². The van der Waals surface area contributed by atoms with Crippen LogP contribution < -0.4 is 0 Å². The first-order valence-electron chi connectivity index (χ1n) is 4.60. The molecule has 1 aliphatic rings. The first-order valence-corrected chi connectivity index (χ1v) is 4.60. The quantitative estimate of drug-likeness (QED) is 0.574. The fraction of sp³-hybridized carbons (Fsp3) is 0.700. The van der Waals surface area contributed by atoms with Crippen LogP contribution in [0.5, 0.6) is 0 Å². The minimum absolute atomic E-state index is 0.169. The van der Waals surface area contributed by atoms with Crippen molar-refractivity contribution in [2.75, 3.05) is 6.54 Å². The summed E-state index contributed by atoms with van der Waals surface area (Å²) >= 11 is 0. The second-order valence-corrected chi connectivity index (χ2v) is 3.63. The number of rotatable bonds is 2. The zero-order chi connectivity index (χ0) is 9.14. The van der Waals surface area contributed by atoms with Crippen LogP contribution in [0.15, 0.2) is 12.2 Å². The molecule has 1 rings (SSSR count). The SMILES string of the molecule is C/C=C/C(=O)N1CCC1C(C)C. The van der Waals surface area contributed by atoms with E-state index in [1.165, 1.54) is 6.42 Å². The van der Waals surface area contributed by atoms with Gasteiger partial charge in [0.1, 0.15) is 0 Å². The van der Waals surface area contributed by atoms with E-state index in [0.29, 0.717) is 12.0 Å². The maximum absolute atomic E-state index is 11.4. The molecule has 2 heteroatoms. The number of nitrogens with zero attached hydrogens (tertiary/aromatic N) is 1. The lowest BCUT2D eigenvalue weighted by Crippen LogP contribution is -2.53. The highest BCUT2D eigenvalue weighted by Crippen LogP contribution is 2.24. The Bertz CT molecular complexity index is 196. The molecule has 0 radical (unpaired) electrons. The Morgan fingerprint density at radius 3 is 2.58 bits per heavy atom. The van der Waals surface area contributed by atoms with E-state index in [1.54, 1.807) is 12.2 Å². The van der Waals surface area contributed by atoms with Gasteiger partial charge in [-0.25, -0.2) is 0 Å². The summed E-state index contributed by atoms with van der Waals surface area (Å²) in [5, 5.41) is 0. The van der Waals surface area contributed by atoms with E-state index in [4.69, 9.17) is 0 Å². The van der Waals surface area contributed by atoms with E-state index >= 15 is 0 Å². The van der Waals surface area contributed by atoms with Gasteiger partial charge in [0, 0.05) is 12.6 Å². The molecule has 0 saturated carbocycles. The molecule has 1 aliphatic heterocycles. The molecule has 0 N–H and O–H groups in total. The molecule has 0 aliphatic carbocycles. The Balaban J connectivity index is 2.49. The monoisotopic (exact) mass is 167 g/mol. The topological polar surface area (TPSA) is 20.3 Å². The van der Waals surface area contributed by atoms with E-state index in [0.717, 1.165) is 6.54 Å². The fourth-order valence-corrected chi connectivity index (χ4v) is 1.61. The van der Waals surface area contributed by atoms with Crippen LogP contribution in [0, 0.1) is 5.92 Å². The van der Waals surface area contributed by atoms with Crippen molar-refractivity contribution in [3.8, 4) is 0 Å². The van der Waals surface area contributed by atoms with Gasteiger partial charge < -0.3 is 4.90 Å². The van der Waals surface area contributed by atoms with Crippen molar-refractivity contribution in [1.82, 2.24) is 4.90 Å². The molecule has 0 bridgehead atoms. The van der Waals surface area contributed by atoms with Crippen LogP contribution in [0.2, 0.25) is 0 Å². The van der Waals surface area contributed by atoms with Crippen molar-refractivity contribution in [3.05, 3.63) is 12.2 Å². The van der Waals surface area contributed by atoms with Gasteiger partial charge in [0.25, 0.3) is 0 Å². The number of likely N-dealkylation sites (tertiary alicyclic amines) is 1. The van der Waals surface area contributed by atoms with Gasteiger partial charge in [-0.2, -0.15) is 0 Å². The van der Waals surface area contributed by atoms with Gasteiger partial charge in [0.15, 0.2) is 0 Å². The largest absolute Gasteiger partial charge is 0.336 e. The van der Waals surface area contributed by atoms with Gasteiger partial charge in [0.05, 0.1) is 0 Å². The van der Waals surface area contributed by atoms with Gasteiger partial charge >= 0.3 is 0 Å². The standard InChI is InChI=1S/C10H17NO/c1-4-5-10(12)11-7-6-9(11)8(2)3/h4-5,8-9H,6-7H2,1-3H3/b5-4+. The van der Waals surface area contributed by atoms with Crippen molar-refractivity contribution >= 4 is 5.91 Å². The van der Waals surface area contributed by atoms with Gasteiger partial charge in [0.2, 0.25) is 5.91 Å². The summed E-state index contributed by atoms with van der Waals surface area (Å²) in [5.74, 6) is 0.760. The average molecular weight is 167 g/mol. The zero-order valence-corrected chi connectivity index (χ0v) is 8.08. The Morgan fingerprint density at radius 1 is 1.58 bits per heavy atom. The van der Waals surface area contributed by atoms with Crippen LogP contribution in [0.4, 0.5) is 0 Å². The van der Waals surface area contributed by atoms with Crippen LogP contribution in [-0.4, -0.2) is 23.4 Å². The van der Waals surface area contributed by atoms with Crippen molar-refractivity contribution in [1.29, 1.82) is 0 Å². The second-order valence-electron chi connectivity index (χ2n) is 3.63. The van der Waals surface area contributed by atoms with Crippen molar-refractivity contribution in [3.63, 3.8) is 0 Å². The zero-order valence-electron chi connectivity index (χ0n) is 8.08. The molecule has 12 heavy (non-hydrogen) atoms. The average Bonchev–Trinajstić information content (AvgIpc) is 1.82. The summed E-state index contributed by atoms with van der Waals surface area (Å²) in [5.41, 5.74) is 0. The van der Waals surface area contributed by atoms with E-state index in [1.807, 2.05) is 11.8 Å². The Labute approximate surface area is 74.2 Å². The minimum Gasteiger partial charge on any atom is -0.336 e. The van der Waals surface area contributed by atoms with Crippen LogP contribution in [0.25, 0.3) is 0 Å². The molecule has 1 saturated heterocycles. The molecule has 0 aromatic carbocycles. The van der Waals surface area contributed by atoms with Gasteiger partial charge in [-0.3, -0.25) is 4.79 Å². The van der Waals surface area contributed by atoms with Crippen LogP contribution >= 0.6 is 0 Å². The predicted octanol–water partition coefficient (Wildman–Crippen LogP) is 1.82. The number of hydrogen-bond acceptors (Lipinski definition) is 1. The first kappa shape index (κ1) is 9.30. The third kappa shape index (κ3) is 1.68. The molecule has 2 nitrogen and oxygen atoms in total. The molecule has 1 atom stereocenters. The summed E-state index contributed by atoms with van der Waals surface area (Å²) in [6.07, 6.45) is 4.62. The third-order valence-corrected chi connectivity index (χ3v) is 2.43. The number of carbonyl (C=O) groups is 1. The van der Waals surface area contributed by atoms with Crippen LogP contribution in [0.3, 0.4) is 0 Å². The molecule has 0 aromatic heterocycles. The molecular weight excluding hydrogens is 150 g/mol. The highest BCUT2D eigenvalue weighted by Gasteiger charge is 2.32. The Kier molecular flexibility index (Phi) is 2.90. The lowest BCUT2D eigenvalue weighted by atomic mass is 9.92. The highest BCUT2D eigenvalue weighted by atomic mass is 16.2. The maximum Gasteiger partial charge on any atom is 0.246 e. The number of allylic oxidation sites excluding steroid dienone is 1. The van der Waals surface area contributed by atoms with Crippen molar-refractivity contribution in [2.24, 2.45) is 5.92 Å². The number of amides is 1. The first-order chi connectivity index (χ1) is 5.66. The highest BCUT2D eigenvalue weighted by molar-refractivity contribution is 5.88. The molecule has 68 valence electrons. The number of carbonyl (C=O) groups excluding carboxylic acids is 1. The normalized spacial score (nSPS) is 23.3. The number of hydrogen-bond donors (Lipinski definition) is 0. The smallest absolute Gasteiger partial charge is 0.246 e. The lowest BCUT2D eigenvalue weighted by molar-refractivity contribution is -0.135.